The largest absolute Gasteiger partial charge is 0.507 e. The smallest absolute Gasteiger partial charge is 0.339 e. The topological polar surface area (TPSA) is 94.5 Å². The van der Waals surface area contributed by atoms with Gasteiger partial charge in [-0.15, -0.1) is 0 Å². The highest BCUT2D eigenvalue weighted by Crippen LogP contribution is 2.69. The summed E-state index contributed by atoms with van der Waals surface area (Å²) < 4.78 is 12.2. The molecule has 2 heterocycles. The third-order valence-electron chi connectivity index (χ3n) is 8.47. The number of fused-ring (bicyclic) bond motifs is 3. The second-order valence-corrected chi connectivity index (χ2v) is 12.1. The Morgan fingerprint density at radius 1 is 0.923 bits per heavy atom. The lowest BCUT2D eigenvalue weighted by Gasteiger charge is -2.61. The number of phenolic OH excluding ortho intramolecular Hbond substituents is 1. The van der Waals surface area contributed by atoms with Crippen LogP contribution in [-0.4, -0.2) is 35.5 Å². The number of carboxylic acids is 1. The summed E-state index contributed by atoms with van der Waals surface area (Å²) in [6.07, 6.45) is 0. The molecule has 2 atom stereocenters. The summed E-state index contributed by atoms with van der Waals surface area (Å²) in [6, 6.07) is 18.3. The number of carbonyl (C=O) groups is 1. The standard InChI is InChI=1S/C32H32O7/c1-29(2,3)32-30(4,5)17-37-31(32,38-39-32)23-13-9-12-21-20(23)14-15-24(33)25(21)26-19-11-8-7-10-18(19)16-22(28(34)35)27(26)36-6/h7-16,33H,17H2,1-6H3,(H,34,35)/t31-,32-/m1/s1. The van der Waals surface area contributed by atoms with E-state index in [1.54, 1.807) is 12.1 Å². The first-order valence-electron chi connectivity index (χ1n) is 13.0. The number of carboxylic acid groups (broad SMARTS) is 1. The molecule has 202 valence electrons. The first kappa shape index (κ1) is 25.6. The van der Waals surface area contributed by atoms with Crippen molar-refractivity contribution >= 4 is 27.5 Å². The van der Waals surface area contributed by atoms with Crippen molar-refractivity contribution in [2.24, 2.45) is 10.8 Å². The molecule has 39 heavy (non-hydrogen) atoms. The predicted molar refractivity (Wildman–Crippen MR) is 148 cm³/mol. The molecule has 0 saturated carbocycles. The van der Waals surface area contributed by atoms with Crippen LogP contribution in [0.25, 0.3) is 32.7 Å². The zero-order valence-corrected chi connectivity index (χ0v) is 22.9. The first-order valence-corrected chi connectivity index (χ1v) is 13.0. The summed E-state index contributed by atoms with van der Waals surface area (Å²) in [4.78, 5) is 24.3. The van der Waals surface area contributed by atoms with Gasteiger partial charge in [-0.3, -0.25) is 0 Å². The summed E-state index contributed by atoms with van der Waals surface area (Å²) in [5.41, 5.74) is 0.286. The Kier molecular flexibility index (Phi) is 5.37. The second kappa shape index (κ2) is 8.18. The summed E-state index contributed by atoms with van der Waals surface area (Å²) >= 11 is 0. The van der Waals surface area contributed by atoms with Crippen LogP contribution in [0.15, 0.2) is 60.7 Å². The number of rotatable bonds is 4. The Hall–Kier alpha value is -3.65. The van der Waals surface area contributed by atoms with E-state index in [0.29, 0.717) is 23.1 Å². The summed E-state index contributed by atoms with van der Waals surface area (Å²) in [7, 11) is 1.44. The summed E-state index contributed by atoms with van der Waals surface area (Å²) in [6.45, 7) is 11.1. The number of methoxy groups -OCH3 is 1. The van der Waals surface area contributed by atoms with Gasteiger partial charge in [0.05, 0.1) is 13.7 Å². The van der Waals surface area contributed by atoms with Gasteiger partial charge in [0.15, 0.2) is 5.60 Å². The third kappa shape index (κ3) is 3.12. The van der Waals surface area contributed by atoms with E-state index >= 15 is 0 Å². The van der Waals surface area contributed by atoms with Crippen LogP contribution in [0.4, 0.5) is 0 Å². The average molecular weight is 529 g/mol. The Bertz CT molecular complexity index is 1670. The second-order valence-electron chi connectivity index (χ2n) is 12.1. The molecule has 4 aromatic carbocycles. The van der Waals surface area contributed by atoms with Gasteiger partial charge >= 0.3 is 5.97 Å². The van der Waals surface area contributed by atoms with Crippen molar-refractivity contribution in [1.29, 1.82) is 0 Å². The first-order chi connectivity index (χ1) is 18.4. The molecule has 4 aromatic rings. The van der Waals surface area contributed by atoms with E-state index in [9.17, 15) is 15.0 Å². The van der Waals surface area contributed by atoms with Crippen molar-refractivity contribution in [3.05, 3.63) is 71.8 Å². The molecule has 0 radical (unpaired) electrons. The van der Waals surface area contributed by atoms with Gasteiger partial charge in [0.2, 0.25) is 0 Å². The maximum absolute atomic E-state index is 12.3. The summed E-state index contributed by atoms with van der Waals surface area (Å²) in [5, 5.41) is 24.4. The fourth-order valence-electron chi connectivity index (χ4n) is 7.06. The van der Waals surface area contributed by atoms with Crippen LogP contribution in [0.2, 0.25) is 0 Å². The van der Waals surface area contributed by atoms with Crippen molar-refractivity contribution < 1.29 is 34.3 Å². The molecule has 2 N–H and O–H groups in total. The van der Waals surface area contributed by atoms with E-state index in [1.165, 1.54) is 7.11 Å². The van der Waals surface area contributed by atoms with Gasteiger partial charge in [-0.2, -0.15) is 4.89 Å². The number of phenols is 1. The van der Waals surface area contributed by atoms with Crippen LogP contribution in [0, 0.1) is 10.8 Å². The van der Waals surface area contributed by atoms with Crippen molar-refractivity contribution in [3.63, 3.8) is 0 Å². The molecule has 0 aromatic heterocycles. The molecule has 0 spiro atoms. The zero-order valence-electron chi connectivity index (χ0n) is 22.9. The highest BCUT2D eigenvalue weighted by molar-refractivity contribution is 6.13. The molecule has 0 unspecified atom stereocenters. The predicted octanol–water partition coefficient (Wildman–Crippen LogP) is 7.03. The number of aromatic hydroxyl groups is 1. The van der Waals surface area contributed by atoms with Crippen molar-refractivity contribution in [1.82, 2.24) is 0 Å². The maximum atomic E-state index is 12.3. The quantitative estimate of drug-likeness (QED) is 0.275. The number of hydrogen-bond acceptors (Lipinski definition) is 6. The highest BCUT2D eigenvalue weighted by Gasteiger charge is 2.81. The van der Waals surface area contributed by atoms with E-state index < -0.39 is 17.4 Å². The van der Waals surface area contributed by atoms with Gasteiger partial charge in [0.25, 0.3) is 5.79 Å². The minimum Gasteiger partial charge on any atom is -0.507 e. The van der Waals surface area contributed by atoms with Gasteiger partial charge in [-0.25, -0.2) is 9.68 Å². The Morgan fingerprint density at radius 3 is 2.28 bits per heavy atom. The number of benzene rings is 4. The minimum atomic E-state index is -1.17. The monoisotopic (exact) mass is 528 g/mol. The van der Waals surface area contributed by atoms with Crippen molar-refractivity contribution in [2.45, 2.75) is 46.0 Å². The fraction of sp³-hybridized carbons (Fsp3) is 0.344. The molecule has 7 nitrogen and oxygen atoms in total. The lowest BCUT2D eigenvalue weighted by atomic mass is 9.57. The molecule has 2 saturated heterocycles. The molecule has 7 heteroatoms. The molecule has 2 aliphatic heterocycles. The zero-order chi connectivity index (χ0) is 28.0. The fourth-order valence-corrected chi connectivity index (χ4v) is 7.06. The van der Waals surface area contributed by atoms with E-state index in [4.69, 9.17) is 19.2 Å². The van der Waals surface area contributed by atoms with Crippen molar-refractivity contribution in [2.75, 3.05) is 13.7 Å². The van der Waals surface area contributed by atoms with Gasteiger partial charge in [0, 0.05) is 27.5 Å². The number of aromatic carboxylic acids is 1. The molecule has 2 aliphatic rings. The maximum Gasteiger partial charge on any atom is 0.339 e. The van der Waals surface area contributed by atoms with Crippen LogP contribution >= 0.6 is 0 Å². The van der Waals surface area contributed by atoms with Crippen LogP contribution < -0.4 is 4.74 Å². The van der Waals surface area contributed by atoms with Gasteiger partial charge in [-0.05, 0) is 33.7 Å². The third-order valence-corrected chi connectivity index (χ3v) is 8.47. The van der Waals surface area contributed by atoms with Gasteiger partial charge in [0.1, 0.15) is 17.1 Å². The molecular weight excluding hydrogens is 496 g/mol. The molecule has 2 fully saturated rings. The highest BCUT2D eigenvalue weighted by atomic mass is 17.3. The minimum absolute atomic E-state index is 0.00340. The van der Waals surface area contributed by atoms with Gasteiger partial charge < -0.3 is 19.7 Å². The lowest BCUT2D eigenvalue weighted by molar-refractivity contribution is -0.626. The van der Waals surface area contributed by atoms with E-state index in [1.807, 2.05) is 48.5 Å². The van der Waals surface area contributed by atoms with E-state index in [-0.39, 0.29) is 27.9 Å². The number of hydrogen-bond donors (Lipinski definition) is 2. The molecule has 0 amide bonds. The normalized spacial score (nSPS) is 23.9. The Labute approximate surface area is 226 Å². The number of ether oxygens (including phenoxy) is 2. The molecule has 6 rings (SSSR count). The molecular formula is C32H32O7. The lowest BCUT2D eigenvalue weighted by Crippen LogP contribution is -2.73. The molecule has 0 bridgehead atoms. The van der Waals surface area contributed by atoms with Crippen molar-refractivity contribution in [3.8, 4) is 22.6 Å². The Morgan fingerprint density at radius 2 is 1.64 bits per heavy atom. The van der Waals surface area contributed by atoms with Gasteiger partial charge in [-0.1, -0.05) is 83.1 Å². The summed E-state index contributed by atoms with van der Waals surface area (Å²) in [5.74, 6) is -2.10. The SMILES string of the molecule is COc1c(C(=O)O)cc2ccccc2c1-c1c(O)ccc2c([C@]34OCC(C)(C)[C@@]3(C(C)(C)C)OO4)cccc12. The van der Waals surface area contributed by atoms with E-state index in [0.717, 1.165) is 21.7 Å². The Balaban J connectivity index is 1.71. The molecule has 0 aliphatic carbocycles. The van der Waals surface area contributed by atoms with Crippen LogP contribution in [0.5, 0.6) is 11.5 Å². The van der Waals surface area contributed by atoms with Crippen LogP contribution in [0.1, 0.15) is 50.5 Å². The van der Waals surface area contributed by atoms with Crippen LogP contribution in [0.3, 0.4) is 0 Å². The average Bonchev–Trinajstić information content (AvgIpc) is 3.03. The van der Waals surface area contributed by atoms with Crippen LogP contribution in [-0.2, 0) is 20.3 Å². The van der Waals surface area contributed by atoms with E-state index in [2.05, 4.69) is 34.6 Å².